The van der Waals surface area contributed by atoms with Crippen LogP contribution >= 0.6 is 23.2 Å². The summed E-state index contributed by atoms with van der Waals surface area (Å²) in [7, 11) is 0. The predicted octanol–water partition coefficient (Wildman–Crippen LogP) is 4.59. The summed E-state index contributed by atoms with van der Waals surface area (Å²) in [5.74, 6) is 0. The highest BCUT2D eigenvalue weighted by atomic mass is 35.5. The second-order valence-electron chi connectivity index (χ2n) is 4.56. The van der Waals surface area contributed by atoms with Crippen LogP contribution in [0.2, 0.25) is 10.0 Å². The number of aromatic nitrogens is 1. The molecule has 2 nitrogen and oxygen atoms in total. The highest BCUT2D eigenvalue weighted by Crippen LogP contribution is 2.32. The molecule has 0 radical (unpaired) electrons. The maximum atomic E-state index is 6.38. The fourth-order valence-corrected chi connectivity index (χ4v) is 2.73. The normalized spacial score (nSPS) is 12.6. The average Bonchev–Trinajstić information content (AvgIpc) is 2.48. The van der Waals surface area contributed by atoms with E-state index in [-0.39, 0.29) is 6.04 Å². The first-order valence-electron chi connectivity index (χ1n) is 6.21. The molecule has 2 aromatic carbocycles. The van der Waals surface area contributed by atoms with Crippen molar-refractivity contribution in [2.24, 2.45) is 5.73 Å². The molecule has 1 aromatic heterocycles. The second kappa shape index (κ2) is 5.41. The van der Waals surface area contributed by atoms with Crippen LogP contribution in [0.3, 0.4) is 0 Å². The number of fused-ring (bicyclic) bond motifs is 1. The van der Waals surface area contributed by atoms with E-state index in [1.54, 1.807) is 18.3 Å². The summed E-state index contributed by atoms with van der Waals surface area (Å²) in [5.41, 5.74) is 9.10. The molecule has 3 aromatic rings. The molecule has 0 bridgehead atoms. The first kappa shape index (κ1) is 13.4. The van der Waals surface area contributed by atoms with Crippen molar-refractivity contribution in [3.05, 3.63) is 75.9 Å². The molecule has 0 spiro atoms. The molecule has 100 valence electrons. The minimum atomic E-state index is -0.339. The van der Waals surface area contributed by atoms with Crippen molar-refractivity contribution in [2.45, 2.75) is 6.04 Å². The number of hydrogen-bond acceptors (Lipinski definition) is 2. The molecule has 2 N–H and O–H groups in total. The van der Waals surface area contributed by atoms with E-state index in [0.717, 1.165) is 22.0 Å². The zero-order chi connectivity index (χ0) is 14.1. The molecule has 20 heavy (non-hydrogen) atoms. The molecule has 3 rings (SSSR count). The van der Waals surface area contributed by atoms with Crippen LogP contribution in [0.15, 0.2) is 54.7 Å². The van der Waals surface area contributed by atoms with E-state index in [4.69, 9.17) is 28.9 Å². The Bertz CT molecular complexity index is 766. The van der Waals surface area contributed by atoms with Crippen LogP contribution in [0.25, 0.3) is 10.9 Å². The Hall–Kier alpha value is -1.61. The number of nitrogens with zero attached hydrogens (tertiary/aromatic N) is 1. The molecule has 0 aliphatic rings. The Morgan fingerprint density at radius 1 is 0.950 bits per heavy atom. The summed E-state index contributed by atoms with van der Waals surface area (Å²) in [5, 5.41) is 2.26. The van der Waals surface area contributed by atoms with Gasteiger partial charge in [0.2, 0.25) is 0 Å². The first-order valence-corrected chi connectivity index (χ1v) is 6.96. The first-order chi connectivity index (χ1) is 9.66. The molecule has 1 unspecified atom stereocenters. The van der Waals surface area contributed by atoms with E-state index in [1.165, 1.54) is 0 Å². The Labute approximate surface area is 127 Å². The Kier molecular flexibility index (Phi) is 3.62. The van der Waals surface area contributed by atoms with Crippen molar-refractivity contribution in [1.82, 2.24) is 4.98 Å². The molecule has 1 atom stereocenters. The van der Waals surface area contributed by atoms with Crippen LogP contribution in [0.4, 0.5) is 0 Å². The highest BCUT2D eigenvalue weighted by Gasteiger charge is 2.15. The molecule has 4 heteroatoms. The highest BCUT2D eigenvalue weighted by molar-refractivity contribution is 6.33. The lowest BCUT2D eigenvalue weighted by atomic mass is 9.96. The van der Waals surface area contributed by atoms with Crippen molar-refractivity contribution < 1.29 is 0 Å². The van der Waals surface area contributed by atoms with Gasteiger partial charge in [0, 0.05) is 21.6 Å². The Balaban J connectivity index is 2.17. The number of hydrogen-bond donors (Lipinski definition) is 1. The minimum Gasteiger partial charge on any atom is -0.320 e. The quantitative estimate of drug-likeness (QED) is 0.752. The van der Waals surface area contributed by atoms with E-state index < -0.39 is 0 Å². The fraction of sp³-hybridized carbons (Fsp3) is 0.0625. The number of halogens is 2. The van der Waals surface area contributed by atoms with Gasteiger partial charge in [0.15, 0.2) is 0 Å². The lowest BCUT2D eigenvalue weighted by Gasteiger charge is -2.16. The minimum absolute atomic E-state index is 0.339. The second-order valence-corrected chi connectivity index (χ2v) is 5.40. The maximum Gasteiger partial charge on any atom is 0.0705 e. The third kappa shape index (κ3) is 2.38. The third-order valence-corrected chi connectivity index (χ3v) is 3.89. The van der Waals surface area contributed by atoms with Gasteiger partial charge in [-0.2, -0.15) is 0 Å². The standard InChI is InChI=1S/C16H12Cl2N2/c17-10-6-7-14(18)13(9-10)16(19)12-3-1-5-15-11(12)4-2-8-20-15/h1-9,16H,19H2. The van der Waals surface area contributed by atoms with Gasteiger partial charge in [-0.3, -0.25) is 4.98 Å². The van der Waals surface area contributed by atoms with Gasteiger partial charge >= 0.3 is 0 Å². The van der Waals surface area contributed by atoms with Crippen molar-refractivity contribution in [1.29, 1.82) is 0 Å². The van der Waals surface area contributed by atoms with E-state index in [9.17, 15) is 0 Å². The van der Waals surface area contributed by atoms with Crippen LogP contribution in [0, 0.1) is 0 Å². The summed E-state index contributed by atoms with van der Waals surface area (Å²) < 4.78 is 0. The van der Waals surface area contributed by atoms with Gasteiger partial charge in [0.1, 0.15) is 0 Å². The molecule has 0 fully saturated rings. The van der Waals surface area contributed by atoms with E-state index in [1.807, 2.05) is 36.4 Å². The number of benzene rings is 2. The summed E-state index contributed by atoms with van der Waals surface area (Å²) in [6.45, 7) is 0. The largest absolute Gasteiger partial charge is 0.320 e. The average molecular weight is 303 g/mol. The fourth-order valence-electron chi connectivity index (χ4n) is 2.32. The molecular formula is C16H12Cl2N2. The number of nitrogens with two attached hydrogens (primary N) is 1. The summed E-state index contributed by atoms with van der Waals surface area (Å²) in [4.78, 5) is 4.34. The molecule has 0 aliphatic heterocycles. The molecule has 0 saturated heterocycles. The van der Waals surface area contributed by atoms with Gasteiger partial charge in [0.05, 0.1) is 11.6 Å². The van der Waals surface area contributed by atoms with Gasteiger partial charge in [0.25, 0.3) is 0 Å². The summed E-state index contributed by atoms with van der Waals surface area (Å²) in [6, 6.07) is 14.8. The van der Waals surface area contributed by atoms with Crippen LogP contribution in [-0.2, 0) is 0 Å². The summed E-state index contributed by atoms with van der Waals surface area (Å²) in [6.07, 6.45) is 1.77. The van der Waals surface area contributed by atoms with Crippen molar-refractivity contribution in [3.8, 4) is 0 Å². The van der Waals surface area contributed by atoms with Crippen LogP contribution in [0.5, 0.6) is 0 Å². The SMILES string of the molecule is NC(c1cc(Cl)ccc1Cl)c1cccc2ncccc12. The predicted molar refractivity (Wildman–Crippen MR) is 84.2 cm³/mol. The number of pyridine rings is 1. The molecule has 0 saturated carbocycles. The zero-order valence-electron chi connectivity index (χ0n) is 10.6. The maximum absolute atomic E-state index is 6.38. The van der Waals surface area contributed by atoms with E-state index >= 15 is 0 Å². The Morgan fingerprint density at radius 2 is 1.80 bits per heavy atom. The molecule has 0 amide bonds. The lowest BCUT2D eigenvalue weighted by molar-refractivity contribution is 0.880. The van der Waals surface area contributed by atoms with Crippen LogP contribution < -0.4 is 5.73 Å². The monoisotopic (exact) mass is 302 g/mol. The van der Waals surface area contributed by atoms with E-state index in [0.29, 0.717) is 10.0 Å². The van der Waals surface area contributed by atoms with Gasteiger partial charge in [-0.05, 0) is 41.5 Å². The van der Waals surface area contributed by atoms with Crippen molar-refractivity contribution >= 4 is 34.1 Å². The number of rotatable bonds is 2. The van der Waals surface area contributed by atoms with Crippen molar-refractivity contribution in [3.63, 3.8) is 0 Å². The zero-order valence-corrected chi connectivity index (χ0v) is 12.1. The van der Waals surface area contributed by atoms with Crippen molar-refractivity contribution in [2.75, 3.05) is 0 Å². The van der Waals surface area contributed by atoms with Crippen LogP contribution in [0.1, 0.15) is 17.2 Å². The molecule has 0 aliphatic carbocycles. The van der Waals surface area contributed by atoms with Gasteiger partial charge in [-0.15, -0.1) is 0 Å². The smallest absolute Gasteiger partial charge is 0.0705 e. The molecule has 1 heterocycles. The Morgan fingerprint density at radius 3 is 2.65 bits per heavy atom. The third-order valence-electron chi connectivity index (χ3n) is 3.31. The van der Waals surface area contributed by atoms with Crippen LogP contribution in [-0.4, -0.2) is 4.98 Å². The topological polar surface area (TPSA) is 38.9 Å². The van der Waals surface area contributed by atoms with E-state index in [2.05, 4.69) is 4.98 Å². The molecular weight excluding hydrogens is 291 g/mol. The summed E-state index contributed by atoms with van der Waals surface area (Å²) >= 11 is 12.3. The van der Waals surface area contributed by atoms with Gasteiger partial charge in [-0.25, -0.2) is 0 Å². The lowest BCUT2D eigenvalue weighted by Crippen LogP contribution is -2.13. The van der Waals surface area contributed by atoms with Gasteiger partial charge < -0.3 is 5.73 Å². The van der Waals surface area contributed by atoms with Gasteiger partial charge in [-0.1, -0.05) is 41.4 Å².